The number of halogens is 1. The number of hydrogen-bond acceptors (Lipinski definition) is 1. The van der Waals surface area contributed by atoms with Crippen LogP contribution in [0.3, 0.4) is 0 Å². The molecule has 0 saturated carbocycles. The van der Waals surface area contributed by atoms with E-state index in [-0.39, 0.29) is 17.8 Å². The van der Waals surface area contributed by atoms with Gasteiger partial charge in [0, 0.05) is 6.42 Å². The van der Waals surface area contributed by atoms with Crippen molar-refractivity contribution in [2.24, 2.45) is 0 Å². The van der Waals surface area contributed by atoms with E-state index in [4.69, 9.17) is 0 Å². The third-order valence-corrected chi connectivity index (χ3v) is 3.95. The number of ketones is 1. The maximum Gasteiger partial charge on any atom is 0.170 e. The molecule has 0 heterocycles. The fraction of sp³-hybridized carbons (Fsp3) is 0.278. The Hall–Kier alpha value is -1.96. The van der Waals surface area contributed by atoms with E-state index < -0.39 is 5.82 Å². The van der Waals surface area contributed by atoms with Crippen LogP contribution in [-0.2, 0) is 19.3 Å². The van der Waals surface area contributed by atoms with E-state index in [0.29, 0.717) is 0 Å². The molecule has 0 N–H and O–H groups in total. The molecular weight excluding hydrogens is 251 g/mol. The molecule has 0 amide bonds. The van der Waals surface area contributed by atoms with E-state index in [1.165, 1.54) is 23.6 Å². The quantitative estimate of drug-likeness (QED) is 0.768. The van der Waals surface area contributed by atoms with Gasteiger partial charge in [-0.05, 0) is 55.0 Å². The second-order valence-electron chi connectivity index (χ2n) is 5.54. The van der Waals surface area contributed by atoms with Gasteiger partial charge in [-0.2, -0.15) is 0 Å². The third-order valence-electron chi connectivity index (χ3n) is 3.95. The Labute approximate surface area is 118 Å². The summed E-state index contributed by atoms with van der Waals surface area (Å²) in [5.41, 5.74) is 4.83. The van der Waals surface area contributed by atoms with E-state index in [1.807, 2.05) is 13.0 Å². The Kier molecular flexibility index (Phi) is 3.39. The molecule has 2 aromatic rings. The number of rotatable bonds is 3. The first kappa shape index (κ1) is 13.0. The van der Waals surface area contributed by atoms with E-state index >= 15 is 0 Å². The van der Waals surface area contributed by atoms with Crippen molar-refractivity contribution in [2.45, 2.75) is 32.6 Å². The lowest BCUT2D eigenvalue weighted by Crippen LogP contribution is -2.07. The predicted molar refractivity (Wildman–Crippen MR) is 77.6 cm³/mol. The summed E-state index contributed by atoms with van der Waals surface area (Å²) in [6, 6.07) is 10.9. The van der Waals surface area contributed by atoms with E-state index in [9.17, 15) is 9.18 Å². The van der Waals surface area contributed by atoms with Gasteiger partial charge >= 0.3 is 0 Å². The monoisotopic (exact) mass is 268 g/mol. The van der Waals surface area contributed by atoms with Crippen molar-refractivity contribution >= 4 is 5.78 Å². The largest absolute Gasteiger partial charge is 0.294 e. The Morgan fingerprint density at radius 3 is 2.75 bits per heavy atom. The minimum atomic E-state index is -0.429. The number of carbonyl (C=O) groups is 1. The first-order valence-electron chi connectivity index (χ1n) is 7.03. The summed E-state index contributed by atoms with van der Waals surface area (Å²) < 4.78 is 13.7. The average molecular weight is 268 g/mol. The minimum absolute atomic E-state index is 0.149. The first-order valence-corrected chi connectivity index (χ1v) is 7.03. The maximum absolute atomic E-state index is 13.7. The van der Waals surface area contributed by atoms with Crippen LogP contribution in [0.1, 0.15) is 39.0 Å². The van der Waals surface area contributed by atoms with Crippen LogP contribution in [0.5, 0.6) is 0 Å². The SMILES string of the molecule is Cc1ccc(F)c(C(=O)Cc2ccc3c(c2)CCC3)c1. The molecule has 20 heavy (non-hydrogen) atoms. The maximum atomic E-state index is 13.7. The van der Waals surface area contributed by atoms with E-state index in [1.54, 1.807) is 12.1 Å². The number of carbonyl (C=O) groups excluding carboxylic acids is 1. The molecule has 0 atom stereocenters. The zero-order chi connectivity index (χ0) is 14.1. The lowest BCUT2D eigenvalue weighted by atomic mass is 9.98. The van der Waals surface area contributed by atoms with Crippen molar-refractivity contribution in [3.63, 3.8) is 0 Å². The first-order chi connectivity index (χ1) is 9.63. The molecule has 1 nitrogen and oxygen atoms in total. The highest BCUT2D eigenvalue weighted by Gasteiger charge is 2.15. The number of Topliss-reactive ketones (excluding diaryl/α,β-unsaturated/α-hetero) is 1. The van der Waals surface area contributed by atoms with Gasteiger partial charge in [-0.15, -0.1) is 0 Å². The van der Waals surface area contributed by atoms with E-state index in [0.717, 1.165) is 24.0 Å². The second-order valence-corrected chi connectivity index (χ2v) is 5.54. The zero-order valence-electron chi connectivity index (χ0n) is 11.6. The summed E-state index contributed by atoms with van der Waals surface area (Å²) in [7, 11) is 0. The zero-order valence-corrected chi connectivity index (χ0v) is 11.6. The molecule has 0 bridgehead atoms. The Balaban J connectivity index is 1.84. The molecule has 0 unspecified atom stereocenters. The van der Waals surface area contributed by atoms with Crippen LogP contribution in [0.15, 0.2) is 36.4 Å². The van der Waals surface area contributed by atoms with Gasteiger partial charge in [0.1, 0.15) is 5.82 Å². The topological polar surface area (TPSA) is 17.1 Å². The van der Waals surface area contributed by atoms with Gasteiger partial charge in [-0.3, -0.25) is 4.79 Å². The highest BCUT2D eigenvalue weighted by molar-refractivity contribution is 5.97. The Morgan fingerprint density at radius 1 is 1.10 bits per heavy atom. The van der Waals surface area contributed by atoms with Gasteiger partial charge in [0.15, 0.2) is 5.78 Å². The highest BCUT2D eigenvalue weighted by Crippen LogP contribution is 2.23. The number of aryl methyl sites for hydroxylation is 3. The van der Waals surface area contributed by atoms with Gasteiger partial charge in [-0.1, -0.05) is 29.8 Å². The van der Waals surface area contributed by atoms with Crippen molar-refractivity contribution < 1.29 is 9.18 Å². The molecule has 0 aliphatic heterocycles. The summed E-state index contributed by atoms with van der Waals surface area (Å²) in [6.45, 7) is 1.87. The van der Waals surface area contributed by atoms with Crippen molar-refractivity contribution in [3.8, 4) is 0 Å². The molecule has 2 heteroatoms. The van der Waals surface area contributed by atoms with Gasteiger partial charge in [-0.25, -0.2) is 4.39 Å². The normalized spacial score (nSPS) is 13.3. The van der Waals surface area contributed by atoms with Crippen LogP contribution in [0.2, 0.25) is 0 Å². The molecule has 102 valence electrons. The Bertz CT molecular complexity index is 673. The summed E-state index contributed by atoms with van der Waals surface area (Å²) in [4.78, 5) is 12.2. The van der Waals surface area contributed by atoms with Crippen molar-refractivity contribution in [1.82, 2.24) is 0 Å². The van der Waals surface area contributed by atoms with Crippen LogP contribution in [-0.4, -0.2) is 5.78 Å². The van der Waals surface area contributed by atoms with Crippen LogP contribution < -0.4 is 0 Å². The molecule has 0 fully saturated rings. The summed E-state index contributed by atoms with van der Waals surface area (Å²) in [5, 5.41) is 0. The standard InChI is InChI=1S/C18H17FO/c1-12-5-8-17(19)16(9-12)18(20)11-13-6-7-14-3-2-4-15(14)10-13/h5-10H,2-4,11H2,1H3. The fourth-order valence-electron chi connectivity index (χ4n) is 2.87. The molecule has 2 aromatic carbocycles. The predicted octanol–water partition coefficient (Wildman–Crippen LogP) is 4.05. The lowest BCUT2D eigenvalue weighted by molar-refractivity contribution is 0.0989. The van der Waals surface area contributed by atoms with Crippen molar-refractivity contribution in [2.75, 3.05) is 0 Å². The number of fused-ring (bicyclic) bond motifs is 1. The molecule has 3 rings (SSSR count). The smallest absolute Gasteiger partial charge is 0.170 e. The summed E-state index contributed by atoms with van der Waals surface area (Å²) >= 11 is 0. The van der Waals surface area contributed by atoms with Crippen LogP contribution in [0.25, 0.3) is 0 Å². The highest BCUT2D eigenvalue weighted by atomic mass is 19.1. The Morgan fingerprint density at radius 2 is 1.90 bits per heavy atom. The van der Waals surface area contributed by atoms with Gasteiger partial charge < -0.3 is 0 Å². The number of hydrogen-bond donors (Lipinski definition) is 0. The van der Waals surface area contributed by atoms with Gasteiger partial charge in [0.25, 0.3) is 0 Å². The van der Waals surface area contributed by atoms with Crippen molar-refractivity contribution in [1.29, 1.82) is 0 Å². The van der Waals surface area contributed by atoms with Crippen LogP contribution in [0, 0.1) is 12.7 Å². The van der Waals surface area contributed by atoms with Gasteiger partial charge in [0.2, 0.25) is 0 Å². The van der Waals surface area contributed by atoms with Crippen molar-refractivity contribution in [3.05, 3.63) is 70.0 Å². The average Bonchev–Trinajstić information content (AvgIpc) is 2.89. The van der Waals surface area contributed by atoms with Crippen LogP contribution >= 0.6 is 0 Å². The minimum Gasteiger partial charge on any atom is -0.294 e. The van der Waals surface area contributed by atoms with Crippen LogP contribution in [0.4, 0.5) is 4.39 Å². The molecule has 0 aromatic heterocycles. The summed E-state index contributed by atoms with van der Waals surface area (Å²) in [6.07, 6.45) is 3.69. The fourth-order valence-corrected chi connectivity index (χ4v) is 2.87. The molecule has 1 aliphatic carbocycles. The number of benzene rings is 2. The van der Waals surface area contributed by atoms with Gasteiger partial charge in [0.05, 0.1) is 5.56 Å². The molecule has 1 aliphatic rings. The third kappa shape index (κ3) is 2.51. The molecule has 0 saturated heterocycles. The lowest BCUT2D eigenvalue weighted by Gasteiger charge is -2.06. The molecule has 0 radical (unpaired) electrons. The van der Waals surface area contributed by atoms with E-state index in [2.05, 4.69) is 12.1 Å². The summed E-state index contributed by atoms with van der Waals surface area (Å²) in [5.74, 6) is -0.578. The second kappa shape index (κ2) is 5.20. The molecule has 0 spiro atoms. The molecular formula is C18H17FO.